The van der Waals surface area contributed by atoms with Gasteiger partial charge >= 0.3 is 0 Å². The van der Waals surface area contributed by atoms with Gasteiger partial charge in [0.25, 0.3) is 0 Å². The molecule has 2 aromatic rings. The first-order chi connectivity index (χ1) is 8.13. The molecule has 0 saturated carbocycles. The van der Waals surface area contributed by atoms with Gasteiger partial charge in [0, 0.05) is 30.8 Å². The van der Waals surface area contributed by atoms with Crippen molar-refractivity contribution in [3.63, 3.8) is 0 Å². The Bertz CT molecular complexity index is 517. The van der Waals surface area contributed by atoms with E-state index in [2.05, 4.69) is 15.4 Å². The summed E-state index contributed by atoms with van der Waals surface area (Å²) in [5.41, 5.74) is 5.82. The Kier molecular flexibility index (Phi) is 3.21. The van der Waals surface area contributed by atoms with Gasteiger partial charge < -0.3 is 4.57 Å². The lowest BCUT2D eigenvalue weighted by molar-refractivity contribution is 0.575. The molecule has 0 saturated heterocycles. The third-order valence-electron chi connectivity index (χ3n) is 2.86. The van der Waals surface area contributed by atoms with Crippen molar-refractivity contribution < 1.29 is 0 Å². The Balaban J connectivity index is 2.46. The van der Waals surface area contributed by atoms with Crippen LogP contribution in [0.5, 0.6) is 0 Å². The van der Waals surface area contributed by atoms with E-state index in [4.69, 9.17) is 5.84 Å². The number of hydrazine groups is 1. The van der Waals surface area contributed by atoms with Crippen LogP contribution in [-0.2, 0) is 7.05 Å². The van der Waals surface area contributed by atoms with Crippen LogP contribution in [0.2, 0.25) is 0 Å². The number of hydrogen-bond donors (Lipinski definition) is 2. The number of aryl methyl sites for hydroxylation is 3. The lowest BCUT2D eigenvalue weighted by Crippen LogP contribution is -2.31. The lowest BCUT2D eigenvalue weighted by Gasteiger charge is -2.18. The van der Waals surface area contributed by atoms with Gasteiger partial charge in [-0.05, 0) is 25.5 Å². The average molecular weight is 231 g/mol. The Morgan fingerprint density at radius 3 is 2.65 bits per heavy atom. The number of nitrogens with one attached hydrogen (secondary N) is 1. The minimum Gasteiger partial charge on any atom is -0.336 e. The van der Waals surface area contributed by atoms with Gasteiger partial charge in [-0.3, -0.25) is 10.8 Å². The van der Waals surface area contributed by atoms with Crippen LogP contribution in [0.25, 0.3) is 0 Å². The fraction of sp³-hybridized carbons (Fsp3) is 0.333. The van der Waals surface area contributed by atoms with E-state index in [9.17, 15) is 0 Å². The Morgan fingerprint density at radius 1 is 1.35 bits per heavy atom. The Labute approximate surface area is 101 Å². The van der Waals surface area contributed by atoms with E-state index in [0.29, 0.717) is 0 Å². The van der Waals surface area contributed by atoms with E-state index in [1.165, 1.54) is 0 Å². The molecule has 2 heterocycles. The zero-order valence-corrected chi connectivity index (χ0v) is 10.3. The van der Waals surface area contributed by atoms with E-state index in [0.717, 1.165) is 22.8 Å². The third-order valence-corrected chi connectivity index (χ3v) is 2.86. The van der Waals surface area contributed by atoms with Crippen LogP contribution in [0, 0.1) is 13.8 Å². The molecule has 0 fully saturated rings. The van der Waals surface area contributed by atoms with E-state index in [1.54, 1.807) is 6.20 Å². The van der Waals surface area contributed by atoms with Gasteiger partial charge in [-0.25, -0.2) is 10.4 Å². The molecule has 90 valence electrons. The number of rotatable bonds is 3. The summed E-state index contributed by atoms with van der Waals surface area (Å²) >= 11 is 0. The van der Waals surface area contributed by atoms with Crippen molar-refractivity contribution in [3.05, 3.63) is 47.3 Å². The van der Waals surface area contributed by atoms with Gasteiger partial charge in [0.15, 0.2) is 0 Å². The van der Waals surface area contributed by atoms with Gasteiger partial charge in [-0.1, -0.05) is 6.07 Å². The Hall–Kier alpha value is -1.72. The second-order valence-electron chi connectivity index (χ2n) is 4.12. The lowest BCUT2D eigenvalue weighted by atomic mass is 10.0. The van der Waals surface area contributed by atoms with Gasteiger partial charge in [-0.2, -0.15) is 0 Å². The molecule has 5 heteroatoms. The van der Waals surface area contributed by atoms with Crippen LogP contribution in [0.15, 0.2) is 24.5 Å². The molecule has 3 N–H and O–H groups in total. The smallest absolute Gasteiger partial charge is 0.131 e. The molecule has 0 aliphatic carbocycles. The SMILES string of the molecule is Cc1ccc(C(NN)c2nccn2C)c(C)n1. The third kappa shape index (κ3) is 2.20. The molecule has 2 rings (SSSR count). The number of nitrogens with zero attached hydrogens (tertiary/aromatic N) is 3. The molecule has 5 nitrogen and oxygen atoms in total. The predicted molar refractivity (Wildman–Crippen MR) is 66.1 cm³/mol. The van der Waals surface area contributed by atoms with Gasteiger partial charge in [0.2, 0.25) is 0 Å². The molecule has 0 aliphatic heterocycles. The van der Waals surface area contributed by atoms with E-state index in [1.807, 2.05) is 43.8 Å². The number of pyridine rings is 1. The molecular weight excluding hydrogens is 214 g/mol. The van der Waals surface area contributed by atoms with Crippen molar-refractivity contribution in [2.24, 2.45) is 12.9 Å². The first kappa shape index (κ1) is 11.8. The second-order valence-corrected chi connectivity index (χ2v) is 4.12. The first-order valence-electron chi connectivity index (χ1n) is 5.51. The zero-order chi connectivity index (χ0) is 12.4. The first-order valence-corrected chi connectivity index (χ1v) is 5.51. The molecule has 0 amide bonds. The van der Waals surface area contributed by atoms with Crippen LogP contribution in [-0.4, -0.2) is 14.5 Å². The maximum Gasteiger partial charge on any atom is 0.131 e. The largest absolute Gasteiger partial charge is 0.336 e. The van der Waals surface area contributed by atoms with Crippen molar-refractivity contribution in [3.8, 4) is 0 Å². The van der Waals surface area contributed by atoms with E-state index >= 15 is 0 Å². The fourth-order valence-electron chi connectivity index (χ4n) is 1.96. The molecule has 0 aliphatic rings. The highest BCUT2D eigenvalue weighted by Crippen LogP contribution is 2.21. The summed E-state index contributed by atoms with van der Waals surface area (Å²) in [7, 11) is 1.95. The predicted octanol–water partition coefficient (Wildman–Crippen LogP) is 0.985. The number of nitrogens with two attached hydrogens (primary N) is 1. The minimum absolute atomic E-state index is 0.136. The van der Waals surface area contributed by atoms with Crippen molar-refractivity contribution in [2.45, 2.75) is 19.9 Å². The van der Waals surface area contributed by atoms with Crippen molar-refractivity contribution in [2.75, 3.05) is 0 Å². The zero-order valence-electron chi connectivity index (χ0n) is 10.3. The molecule has 2 aromatic heterocycles. The average Bonchev–Trinajstić information content (AvgIpc) is 2.69. The maximum absolute atomic E-state index is 5.64. The standard InChI is InChI=1S/C12H17N5/c1-8-4-5-10(9(2)15-8)11(16-13)12-14-6-7-17(12)3/h4-7,11,16H,13H2,1-3H3. The normalized spacial score (nSPS) is 12.7. The molecule has 0 aromatic carbocycles. The number of imidazole rings is 1. The number of aromatic nitrogens is 3. The van der Waals surface area contributed by atoms with Gasteiger partial charge in [-0.15, -0.1) is 0 Å². The van der Waals surface area contributed by atoms with Gasteiger partial charge in [0.05, 0.1) is 0 Å². The maximum atomic E-state index is 5.64. The molecule has 1 unspecified atom stereocenters. The van der Waals surface area contributed by atoms with Crippen molar-refractivity contribution in [1.82, 2.24) is 20.0 Å². The van der Waals surface area contributed by atoms with E-state index in [-0.39, 0.29) is 6.04 Å². The minimum atomic E-state index is -0.136. The molecule has 0 bridgehead atoms. The highest BCUT2D eigenvalue weighted by molar-refractivity contribution is 5.29. The Morgan fingerprint density at radius 2 is 2.12 bits per heavy atom. The van der Waals surface area contributed by atoms with E-state index < -0.39 is 0 Å². The second kappa shape index (κ2) is 4.65. The summed E-state index contributed by atoms with van der Waals surface area (Å²) in [4.78, 5) is 8.77. The summed E-state index contributed by atoms with van der Waals surface area (Å²) in [5.74, 6) is 6.52. The molecule has 0 radical (unpaired) electrons. The van der Waals surface area contributed by atoms with Crippen LogP contribution in [0.3, 0.4) is 0 Å². The van der Waals surface area contributed by atoms with Crippen LogP contribution in [0.1, 0.15) is 28.8 Å². The monoisotopic (exact) mass is 231 g/mol. The molecular formula is C12H17N5. The van der Waals surface area contributed by atoms with Crippen molar-refractivity contribution in [1.29, 1.82) is 0 Å². The summed E-state index contributed by atoms with van der Waals surface area (Å²) in [5, 5.41) is 0. The summed E-state index contributed by atoms with van der Waals surface area (Å²) in [6.45, 7) is 3.96. The summed E-state index contributed by atoms with van der Waals surface area (Å²) < 4.78 is 1.95. The highest BCUT2D eigenvalue weighted by atomic mass is 15.3. The molecule has 1 atom stereocenters. The quantitative estimate of drug-likeness (QED) is 0.610. The van der Waals surface area contributed by atoms with Crippen LogP contribution in [0.4, 0.5) is 0 Å². The molecule has 17 heavy (non-hydrogen) atoms. The van der Waals surface area contributed by atoms with Gasteiger partial charge in [0.1, 0.15) is 11.9 Å². The number of hydrogen-bond acceptors (Lipinski definition) is 4. The van der Waals surface area contributed by atoms with Crippen LogP contribution < -0.4 is 11.3 Å². The summed E-state index contributed by atoms with van der Waals surface area (Å²) in [6, 6.07) is 3.88. The van der Waals surface area contributed by atoms with Crippen LogP contribution >= 0.6 is 0 Å². The topological polar surface area (TPSA) is 68.8 Å². The summed E-state index contributed by atoms with van der Waals surface area (Å²) in [6.07, 6.45) is 3.66. The highest BCUT2D eigenvalue weighted by Gasteiger charge is 2.18. The fourth-order valence-corrected chi connectivity index (χ4v) is 1.96. The molecule has 0 spiro atoms. The van der Waals surface area contributed by atoms with Crippen molar-refractivity contribution >= 4 is 0 Å².